The van der Waals surface area contributed by atoms with E-state index in [2.05, 4.69) is 6.58 Å². The number of nitrogens with zero attached hydrogens (tertiary/aromatic N) is 1. The van der Waals surface area contributed by atoms with E-state index >= 15 is 0 Å². The van der Waals surface area contributed by atoms with Gasteiger partial charge in [0.25, 0.3) is 0 Å². The molecule has 0 aromatic heterocycles. The Morgan fingerprint density at radius 1 is 1.47 bits per heavy atom. The second kappa shape index (κ2) is 5.52. The summed E-state index contributed by atoms with van der Waals surface area (Å²) in [7, 11) is 0. The van der Waals surface area contributed by atoms with E-state index in [1.54, 1.807) is 4.90 Å². The number of allylic oxidation sites excluding steroid dienone is 1. The van der Waals surface area contributed by atoms with E-state index in [-0.39, 0.29) is 12.0 Å². The van der Waals surface area contributed by atoms with Crippen molar-refractivity contribution in [3.8, 4) is 0 Å². The van der Waals surface area contributed by atoms with Gasteiger partial charge in [0.1, 0.15) is 11.8 Å². The Kier molecular flexibility index (Phi) is 4.54. The Morgan fingerprint density at radius 3 is 2.41 bits per heavy atom. The minimum atomic E-state index is -0.962. The molecule has 4 heteroatoms. The number of piperidine rings is 1. The number of hydrogen-bond acceptors (Lipinski definition) is 2. The highest BCUT2D eigenvalue weighted by atomic mass is 19.1. The normalized spacial score (nSPS) is 19.9. The highest BCUT2D eigenvalue weighted by Crippen LogP contribution is 2.24. The number of rotatable bonds is 2. The van der Waals surface area contributed by atoms with Gasteiger partial charge in [0.2, 0.25) is 0 Å². The van der Waals surface area contributed by atoms with Crippen molar-refractivity contribution in [1.82, 2.24) is 4.90 Å². The minimum absolute atomic E-state index is 0.00816. The molecule has 1 aliphatic rings. The average Bonchev–Trinajstić information content (AvgIpc) is 2.26. The zero-order valence-corrected chi connectivity index (χ0v) is 10.9. The van der Waals surface area contributed by atoms with E-state index < -0.39 is 11.8 Å². The predicted molar refractivity (Wildman–Crippen MR) is 65.6 cm³/mol. The molecule has 1 heterocycles. The topological polar surface area (TPSA) is 29.5 Å². The average molecular weight is 243 g/mol. The molecule has 1 aliphatic heterocycles. The molecule has 0 N–H and O–H groups in total. The van der Waals surface area contributed by atoms with Crippen LogP contribution in [-0.2, 0) is 4.74 Å². The van der Waals surface area contributed by atoms with Crippen molar-refractivity contribution in [2.75, 3.05) is 13.1 Å². The van der Waals surface area contributed by atoms with Gasteiger partial charge < -0.3 is 9.64 Å². The lowest BCUT2D eigenvalue weighted by Gasteiger charge is -2.34. The second-order valence-corrected chi connectivity index (χ2v) is 5.48. The van der Waals surface area contributed by atoms with E-state index in [1.807, 2.05) is 20.8 Å². The Bertz CT molecular complexity index is 278. The van der Waals surface area contributed by atoms with Crippen molar-refractivity contribution in [2.45, 2.75) is 45.4 Å². The van der Waals surface area contributed by atoms with Crippen molar-refractivity contribution in [3.63, 3.8) is 0 Å². The van der Waals surface area contributed by atoms with Gasteiger partial charge in [-0.3, -0.25) is 0 Å². The number of ether oxygens (including phenoxy) is 1. The van der Waals surface area contributed by atoms with Crippen LogP contribution in [0, 0.1) is 5.92 Å². The summed E-state index contributed by atoms with van der Waals surface area (Å²) in [6, 6.07) is 0. The third-order valence-corrected chi connectivity index (χ3v) is 2.87. The molecule has 1 fully saturated rings. The summed E-state index contributed by atoms with van der Waals surface area (Å²) in [6.07, 6.45) is 1.42. The molecule has 1 amide bonds. The van der Waals surface area contributed by atoms with Crippen molar-refractivity contribution >= 4 is 6.09 Å². The number of hydrogen-bond donors (Lipinski definition) is 0. The molecule has 1 atom stereocenters. The number of alkyl halides is 1. The van der Waals surface area contributed by atoms with Gasteiger partial charge in [-0.15, -0.1) is 6.58 Å². The molecule has 98 valence electrons. The summed E-state index contributed by atoms with van der Waals surface area (Å²) in [5.41, 5.74) is -0.475. The predicted octanol–water partition coefficient (Wildman–Crippen LogP) is 3.16. The number of halogens is 1. The number of amides is 1. The van der Waals surface area contributed by atoms with Crippen LogP contribution in [0.25, 0.3) is 0 Å². The molecular formula is C13H22FNO2. The van der Waals surface area contributed by atoms with Crippen LogP contribution in [0.15, 0.2) is 12.7 Å². The summed E-state index contributed by atoms with van der Waals surface area (Å²) in [4.78, 5) is 13.4. The van der Waals surface area contributed by atoms with Crippen LogP contribution < -0.4 is 0 Å². The molecule has 1 saturated heterocycles. The van der Waals surface area contributed by atoms with Crippen molar-refractivity contribution in [1.29, 1.82) is 0 Å². The van der Waals surface area contributed by atoms with Crippen molar-refractivity contribution in [3.05, 3.63) is 12.7 Å². The lowest BCUT2D eigenvalue weighted by molar-refractivity contribution is 0.0159. The van der Waals surface area contributed by atoms with Crippen LogP contribution >= 0.6 is 0 Å². The lowest BCUT2D eigenvalue weighted by atomic mass is 9.92. The first kappa shape index (κ1) is 14.0. The lowest BCUT2D eigenvalue weighted by Crippen LogP contribution is -2.42. The largest absolute Gasteiger partial charge is 0.444 e. The summed E-state index contributed by atoms with van der Waals surface area (Å²) in [5.74, 6) is -0.00816. The summed E-state index contributed by atoms with van der Waals surface area (Å²) >= 11 is 0. The summed E-state index contributed by atoms with van der Waals surface area (Å²) < 4.78 is 18.6. The van der Waals surface area contributed by atoms with Gasteiger partial charge in [-0.1, -0.05) is 6.08 Å². The third kappa shape index (κ3) is 4.36. The fourth-order valence-corrected chi connectivity index (χ4v) is 1.92. The van der Waals surface area contributed by atoms with E-state index in [1.165, 1.54) is 6.08 Å². The zero-order valence-electron chi connectivity index (χ0n) is 10.9. The first-order chi connectivity index (χ1) is 7.83. The molecule has 0 bridgehead atoms. The van der Waals surface area contributed by atoms with Crippen LogP contribution in [0.4, 0.5) is 9.18 Å². The maximum absolute atomic E-state index is 13.4. The highest BCUT2D eigenvalue weighted by Gasteiger charge is 2.29. The van der Waals surface area contributed by atoms with Gasteiger partial charge in [0.15, 0.2) is 0 Å². The fraction of sp³-hybridized carbons (Fsp3) is 0.769. The maximum Gasteiger partial charge on any atom is 0.410 e. The fourth-order valence-electron chi connectivity index (χ4n) is 1.92. The smallest absolute Gasteiger partial charge is 0.410 e. The molecule has 0 aromatic rings. The van der Waals surface area contributed by atoms with Crippen molar-refractivity contribution in [2.24, 2.45) is 5.92 Å². The minimum Gasteiger partial charge on any atom is -0.444 e. The third-order valence-electron chi connectivity index (χ3n) is 2.87. The Balaban J connectivity index is 2.41. The van der Waals surface area contributed by atoms with Crippen LogP contribution in [0.5, 0.6) is 0 Å². The Morgan fingerprint density at radius 2 is 2.00 bits per heavy atom. The van der Waals surface area contributed by atoms with E-state index in [0.29, 0.717) is 25.9 Å². The molecule has 1 rings (SSSR count). The van der Waals surface area contributed by atoms with E-state index in [0.717, 1.165) is 0 Å². The number of likely N-dealkylation sites (tertiary alicyclic amines) is 1. The maximum atomic E-state index is 13.4. The molecule has 17 heavy (non-hydrogen) atoms. The SMILES string of the molecule is C=C[C@@H](F)C1CCN(C(=O)OC(C)(C)C)CC1. The summed E-state index contributed by atoms with van der Waals surface area (Å²) in [5, 5.41) is 0. The number of carbonyl (C=O) groups is 1. The molecule has 3 nitrogen and oxygen atoms in total. The standard InChI is InChI=1S/C13H22FNO2/c1-5-11(14)10-6-8-15(9-7-10)12(16)17-13(2,3)4/h5,10-11H,1,6-9H2,2-4H3/t11-/m1/s1. The van der Waals surface area contributed by atoms with Crippen LogP contribution in [-0.4, -0.2) is 35.9 Å². The van der Waals surface area contributed by atoms with Crippen LogP contribution in [0.3, 0.4) is 0 Å². The van der Waals surface area contributed by atoms with Crippen LogP contribution in [0.2, 0.25) is 0 Å². The molecule has 0 aliphatic carbocycles. The second-order valence-electron chi connectivity index (χ2n) is 5.48. The Labute approximate surface area is 103 Å². The Hall–Kier alpha value is -1.06. The van der Waals surface area contributed by atoms with E-state index in [9.17, 15) is 9.18 Å². The molecule has 0 saturated carbocycles. The molecule has 0 aromatic carbocycles. The quantitative estimate of drug-likeness (QED) is 0.697. The van der Waals surface area contributed by atoms with Gasteiger partial charge in [-0.25, -0.2) is 9.18 Å². The monoisotopic (exact) mass is 243 g/mol. The van der Waals surface area contributed by atoms with Crippen LogP contribution in [0.1, 0.15) is 33.6 Å². The number of carbonyl (C=O) groups excluding carboxylic acids is 1. The van der Waals surface area contributed by atoms with Gasteiger partial charge >= 0.3 is 6.09 Å². The van der Waals surface area contributed by atoms with Gasteiger partial charge in [0.05, 0.1) is 0 Å². The molecule has 0 spiro atoms. The molecule has 0 unspecified atom stereocenters. The van der Waals surface area contributed by atoms with Gasteiger partial charge in [-0.2, -0.15) is 0 Å². The molecular weight excluding hydrogens is 221 g/mol. The molecule has 0 radical (unpaired) electrons. The summed E-state index contributed by atoms with van der Waals surface area (Å²) in [6.45, 7) is 10.1. The first-order valence-corrected chi connectivity index (χ1v) is 6.08. The van der Waals surface area contributed by atoms with Crippen molar-refractivity contribution < 1.29 is 13.9 Å². The van der Waals surface area contributed by atoms with Gasteiger partial charge in [-0.05, 0) is 39.5 Å². The first-order valence-electron chi connectivity index (χ1n) is 6.08. The van der Waals surface area contributed by atoms with E-state index in [4.69, 9.17) is 4.74 Å². The zero-order chi connectivity index (χ0) is 13.1. The highest BCUT2D eigenvalue weighted by molar-refractivity contribution is 5.68. The van der Waals surface area contributed by atoms with Gasteiger partial charge in [0, 0.05) is 13.1 Å².